The Bertz CT molecular complexity index is 813. The maximum absolute atomic E-state index is 12.4. The SMILES string of the molecule is CC(C)Oc1cccc(NC(=O)c2ccccc2S(C)(=O)=O)c1. The monoisotopic (exact) mass is 333 g/mol. The molecular formula is C17H19NO4S. The Balaban J connectivity index is 2.27. The molecule has 0 spiro atoms. The number of carbonyl (C=O) groups excluding carboxylic acids is 1. The van der Waals surface area contributed by atoms with Crippen LogP contribution in [-0.4, -0.2) is 26.7 Å². The number of ether oxygens (including phenoxy) is 1. The van der Waals surface area contributed by atoms with Crippen LogP contribution in [0.3, 0.4) is 0 Å². The Labute approximate surface area is 136 Å². The van der Waals surface area contributed by atoms with Gasteiger partial charge in [0.1, 0.15) is 5.75 Å². The second-order valence-corrected chi connectivity index (χ2v) is 7.40. The van der Waals surface area contributed by atoms with Gasteiger partial charge < -0.3 is 10.1 Å². The molecule has 0 aliphatic rings. The number of anilines is 1. The first-order chi connectivity index (χ1) is 10.8. The molecule has 0 aliphatic carbocycles. The van der Waals surface area contributed by atoms with Crippen molar-refractivity contribution in [2.45, 2.75) is 24.8 Å². The maximum atomic E-state index is 12.4. The van der Waals surface area contributed by atoms with Gasteiger partial charge in [0.25, 0.3) is 5.91 Å². The van der Waals surface area contributed by atoms with E-state index in [0.717, 1.165) is 6.26 Å². The second-order valence-electron chi connectivity index (χ2n) is 5.42. The predicted molar refractivity (Wildman–Crippen MR) is 89.7 cm³/mol. The fourth-order valence-corrected chi connectivity index (χ4v) is 2.98. The lowest BCUT2D eigenvalue weighted by atomic mass is 10.2. The Morgan fingerprint density at radius 1 is 1.09 bits per heavy atom. The van der Waals surface area contributed by atoms with Crippen LogP contribution >= 0.6 is 0 Å². The first-order valence-electron chi connectivity index (χ1n) is 7.14. The van der Waals surface area contributed by atoms with Crippen molar-refractivity contribution in [2.24, 2.45) is 0 Å². The minimum absolute atomic E-state index is 0.00656. The molecular weight excluding hydrogens is 314 g/mol. The molecule has 2 aromatic rings. The van der Waals surface area contributed by atoms with Crippen LogP contribution in [0.2, 0.25) is 0 Å². The van der Waals surface area contributed by atoms with Gasteiger partial charge in [-0.1, -0.05) is 18.2 Å². The van der Waals surface area contributed by atoms with E-state index < -0.39 is 15.7 Å². The molecule has 2 aromatic carbocycles. The zero-order valence-corrected chi connectivity index (χ0v) is 14.1. The van der Waals surface area contributed by atoms with Gasteiger partial charge in [0.05, 0.1) is 16.6 Å². The van der Waals surface area contributed by atoms with Crippen LogP contribution in [0.5, 0.6) is 5.75 Å². The van der Waals surface area contributed by atoms with Crippen molar-refractivity contribution in [2.75, 3.05) is 11.6 Å². The molecule has 1 N–H and O–H groups in total. The van der Waals surface area contributed by atoms with Gasteiger partial charge >= 0.3 is 0 Å². The second kappa shape index (κ2) is 6.83. The summed E-state index contributed by atoms with van der Waals surface area (Å²) in [6.45, 7) is 3.82. The van der Waals surface area contributed by atoms with Gasteiger partial charge in [0.2, 0.25) is 0 Å². The lowest BCUT2D eigenvalue weighted by Crippen LogP contribution is -2.16. The number of hydrogen-bond donors (Lipinski definition) is 1. The van der Waals surface area contributed by atoms with Crippen LogP contribution in [0, 0.1) is 0 Å². The number of sulfone groups is 1. The van der Waals surface area contributed by atoms with E-state index in [1.807, 2.05) is 13.8 Å². The molecule has 6 heteroatoms. The molecule has 0 heterocycles. The fraction of sp³-hybridized carbons (Fsp3) is 0.235. The first kappa shape index (κ1) is 17.0. The molecule has 0 aromatic heterocycles. The molecule has 0 atom stereocenters. The summed E-state index contributed by atoms with van der Waals surface area (Å²) in [5.41, 5.74) is 0.654. The summed E-state index contributed by atoms with van der Waals surface area (Å²) < 4.78 is 29.1. The average molecular weight is 333 g/mol. The Hall–Kier alpha value is -2.34. The van der Waals surface area contributed by atoms with E-state index in [4.69, 9.17) is 4.74 Å². The molecule has 0 aliphatic heterocycles. The molecule has 0 saturated carbocycles. The molecule has 1 amide bonds. The molecule has 0 radical (unpaired) electrons. The summed E-state index contributed by atoms with van der Waals surface area (Å²) in [5, 5.41) is 2.70. The van der Waals surface area contributed by atoms with Gasteiger partial charge in [-0.05, 0) is 38.1 Å². The summed E-state index contributed by atoms with van der Waals surface area (Å²) in [6.07, 6.45) is 1.10. The third kappa shape index (κ3) is 4.56. The number of nitrogens with one attached hydrogen (secondary N) is 1. The zero-order valence-electron chi connectivity index (χ0n) is 13.2. The van der Waals surface area contributed by atoms with Crippen molar-refractivity contribution in [3.05, 3.63) is 54.1 Å². The summed E-state index contributed by atoms with van der Waals surface area (Å²) >= 11 is 0. The van der Waals surface area contributed by atoms with Gasteiger partial charge in [0, 0.05) is 18.0 Å². The number of amides is 1. The Morgan fingerprint density at radius 3 is 2.43 bits per heavy atom. The molecule has 23 heavy (non-hydrogen) atoms. The van der Waals surface area contributed by atoms with Crippen LogP contribution in [0.25, 0.3) is 0 Å². The summed E-state index contributed by atoms with van der Waals surface area (Å²) in [7, 11) is -3.48. The quantitative estimate of drug-likeness (QED) is 0.912. The van der Waals surface area contributed by atoms with E-state index in [-0.39, 0.29) is 16.6 Å². The number of hydrogen-bond acceptors (Lipinski definition) is 4. The van der Waals surface area contributed by atoms with E-state index in [9.17, 15) is 13.2 Å². The first-order valence-corrected chi connectivity index (χ1v) is 9.03. The maximum Gasteiger partial charge on any atom is 0.256 e. The third-order valence-corrected chi connectivity index (χ3v) is 4.15. The Kier molecular flexibility index (Phi) is 5.05. The van der Waals surface area contributed by atoms with Crippen LogP contribution in [0.1, 0.15) is 24.2 Å². The fourth-order valence-electron chi connectivity index (χ4n) is 2.10. The molecule has 0 unspecified atom stereocenters. The lowest BCUT2D eigenvalue weighted by Gasteiger charge is -2.12. The minimum atomic E-state index is -3.48. The normalized spacial score (nSPS) is 11.3. The van der Waals surface area contributed by atoms with E-state index >= 15 is 0 Å². The summed E-state index contributed by atoms with van der Waals surface area (Å²) in [4.78, 5) is 12.4. The highest BCUT2D eigenvalue weighted by Crippen LogP contribution is 2.21. The smallest absolute Gasteiger partial charge is 0.256 e. The van der Waals surface area contributed by atoms with Crippen LogP contribution in [0.4, 0.5) is 5.69 Å². The van der Waals surface area contributed by atoms with Crippen molar-refractivity contribution >= 4 is 21.4 Å². The standard InChI is InChI=1S/C17H19NO4S/c1-12(2)22-14-8-6-7-13(11-14)18-17(19)15-9-4-5-10-16(15)23(3,20)21/h4-12H,1-3H3,(H,18,19). The van der Waals surface area contributed by atoms with Gasteiger partial charge in [-0.25, -0.2) is 8.42 Å². The number of benzene rings is 2. The van der Waals surface area contributed by atoms with E-state index in [1.54, 1.807) is 36.4 Å². The Morgan fingerprint density at radius 2 is 1.78 bits per heavy atom. The van der Waals surface area contributed by atoms with Crippen molar-refractivity contribution in [1.29, 1.82) is 0 Å². The number of rotatable bonds is 5. The van der Waals surface area contributed by atoms with Gasteiger partial charge in [0.15, 0.2) is 9.84 Å². The molecule has 0 saturated heterocycles. The molecule has 0 bridgehead atoms. The third-order valence-electron chi connectivity index (χ3n) is 2.99. The van der Waals surface area contributed by atoms with Gasteiger partial charge in [-0.15, -0.1) is 0 Å². The minimum Gasteiger partial charge on any atom is -0.491 e. The van der Waals surface area contributed by atoms with E-state index in [2.05, 4.69) is 5.32 Å². The summed E-state index contributed by atoms with van der Waals surface area (Å²) in [6, 6.07) is 13.1. The van der Waals surface area contributed by atoms with Crippen molar-refractivity contribution in [1.82, 2.24) is 0 Å². The summed E-state index contributed by atoms with van der Waals surface area (Å²) in [5.74, 6) is 0.155. The molecule has 0 fully saturated rings. The van der Waals surface area contributed by atoms with Crippen LogP contribution in [0.15, 0.2) is 53.4 Å². The molecule has 2 rings (SSSR count). The van der Waals surface area contributed by atoms with Crippen molar-refractivity contribution < 1.29 is 17.9 Å². The largest absolute Gasteiger partial charge is 0.491 e. The van der Waals surface area contributed by atoms with Gasteiger partial charge in [-0.3, -0.25) is 4.79 Å². The van der Waals surface area contributed by atoms with E-state index in [0.29, 0.717) is 11.4 Å². The highest BCUT2D eigenvalue weighted by atomic mass is 32.2. The molecule has 5 nitrogen and oxygen atoms in total. The van der Waals surface area contributed by atoms with Crippen molar-refractivity contribution in [3.8, 4) is 5.75 Å². The van der Waals surface area contributed by atoms with Gasteiger partial charge in [-0.2, -0.15) is 0 Å². The molecule has 122 valence electrons. The highest BCUT2D eigenvalue weighted by molar-refractivity contribution is 7.90. The lowest BCUT2D eigenvalue weighted by molar-refractivity contribution is 0.102. The highest BCUT2D eigenvalue weighted by Gasteiger charge is 2.18. The van der Waals surface area contributed by atoms with Crippen LogP contribution < -0.4 is 10.1 Å². The average Bonchev–Trinajstić information content (AvgIpc) is 2.46. The van der Waals surface area contributed by atoms with Crippen molar-refractivity contribution in [3.63, 3.8) is 0 Å². The van der Waals surface area contributed by atoms with Crippen LogP contribution in [-0.2, 0) is 9.84 Å². The predicted octanol–water partition coefficient (Wildman–Crippen LogP) is 3.13. The zero-order chi connectivity index (χ0) is 17.0. The topological polar surface area (TPSA) is 72.5 Å². The van der Waals surface area contributed by atoms with E-state index in [1.165, 1.54) is 12.1 Å². The number of carbonyl (C=O) groups is 1.